The number of hydrogen-bond acceptors (Lipinski definition) is 4. The van der Waals surface area contributed by atoms with Crippen LogP contribution in [-0.2, 0) is 20.8 Å². The number of imide groups is 1. The molecule has 3 rings (SSSR count). The lowest BCUT2D eigenvalue weighted by Crippen LogP contribution is -2.50. The number of rotatable bonds is 6. The van der Waals surface area contributed by atoms with Crippen LogP contribution < -0.4 is 4.90 Å². The first-order valence-corrected chi connectivity index (χ1v) is 10.2. The van der Waals surface area contributed by atoms with E-state index in [1.165, 1.54) is 0 Å². The highest BCUT2D eigenvalue weighted by Gasteiger charge is 2.45. The Morgan fingerprint density at radius 3 is 2.40 bits per heavy atom. The molecule has 1 fully saturated rings. The molecule has 1 aliphatic heterocycles. The average molecular weight is 424 g/mol. The molecule has 0 N–H and O–H groups in total. The number of benzene rings is 2. The van der Waals surface area contributed by atoms with Gasteiger partial charge < -0.3 is 4.90 Å². The highest BCUT2D eigenvalue weighted by molar-refractivity contribution is 6.30. The van der Waals surface area contributed by atoms with Crippen LogP contribution >= 0.6 is 11.6 Å². The van der Waals surface area contributed by atoms with E-state index in [0.717, 1.165) is 10.5 Å². The topological polar surface area (TPSA) is 81.5 Å². The second-order valence-electron chi connectivity index (χ2n) is 7.31. The van der Waals surface area contributed by atoms with Crippen LogP contribution in [0.4, 0.5) is 5.69 Å². The van der Waals surface area contributed by atoms with E-state index in [9.17, 15) is 14.4 Å². The lowest BCUT2D eigenvalue weighted by atomic mass is 10.1. The van der Waals surface area contributed by atoms with Crippen LogP contribution in [0.1, 0.15) is 37.8 Å². The number of halogens is 1. The van der Waals surface area contributed by atoms with Crippen molar-refractivity contribution in [2.24, 2.45) is 0 Å². The normalized spacial score (nSPS) is 17.0. The summed E-state index contributed by atoms with van der Waals surface area (Å²) in [7, 11) is 0. The first kappa shape index (κ1) is 21.5. The Kier molecular flexibility index (Phi) is 6.53. The fraction of sp³-hybridized carbons (Fsp3) is 0.304. The van der Waals surface area contributed by atoms with Gasteiger partial charge in [0, 0.05) is 11.1 Å². The van der Waals surface area contributed by atoms with Gasteiger partial charge in [-0.15, -0.1) is 0 Å². The van der Waals surface area contributed by atoms with Gasteiger partial charge in [-0.1, -0.05) is 30.7 Å². The SMILES string of the molecule is CCC(C)N(C(=O)Cc1ccc(Cl)cc1)C1CC(=O)N(c2ccc(C#N)cc2)C1=O. The Hall–Kier alpha value is -3.17. The van der Waals surface area contributed by atoms with Crippen LogP contribution in [0.3, 0.4) is 0 Å². The van der Waals surface area contributed by atoms with Crippen LogP contribution in [0.5, 0.6) is 0 Å². The molecule has 154 valence electrons. The first-order chi connectivity index (χ1) is 14.3. The molecule has 0 bridgehead atoms. The van der Waals surface area contributed by atoms with Gasteiger partial charge in [-0.05, 0) is 55.3 Å². The number of carbonyl (C=O) groups excluding carboxylic acids is 3. The summed E-state index contributed by atoms with van der Waals surface area (Å²) in [6, 6.07) is 14.2. The van der Waals surface area contributed by atoms with E-state index in [0.29, 0.717) is 22.7 Å². The standard InChI is InChI=1S/C23H22ClN3O3/c1-3-15(2)26(21(28)12-16-4-8-18(24)9-5-16)20-13-22(29)27(23(20)30)19-10-6-17(14-25)7-11-19/h4-11,15,20H,3,12-13H2,1-2H3. The molecular weight excluding hydrogens is 402 g/mol. The van der Waals surface area contributed by atoms with Crippen molar-refractivity contribution in [2.45, 2.75) is 45.2 Å². The van der Waals surface area contributed by atoms with Crippen molar-refractivity contribution >= 4 is 35.0 Å². The lowest BCUT2D eigenvalue weighted by molar-refractivity contribution is -0.140. The molecule has 0 radical (unpaired) electrons. The second kappa shape index (κ2) is 9.10. The van der Waals surface area contributed by atoms with E-state index in [1.54, 1.807) is 53.4 Å². The number of amides is 3. The molecule has 1 heterocycles. The maximum absolute atomic E-state index is 13.2. The predicted molar refractivity (Wildman–Crippen MR) is 114 cm³/mol. The Bertz CT molecular complexity index is 996. The summed E-state index contributed by atoms with van der Waals surface area (Å²) in [4.78, 5) is 41.6. The smallest absolute Gasteiger partial charge is 0.257 e. The molecule has 30 heavy (non-hydrogen) atoms. The number of hydrogen-bond donors (Lipinski definition) is 0. The molecule has 2 aromatic rings. The van der Waals surface area contributed by atoms with Gasteiger partial charge in [-0.3, -0.25) is 14.4 Å². The maximum atomic E-state index is 13.2. The molecule has 2 atom stereocenters. The molecular formula is C23H22ClN3O3. The molecule has 1 aliphatic rings. The highest BCUT2D eigenvalue weighted by Crippen LogP contribution is 2.28. The number of nitrogens with zero attached hydrogens (tertiary/aromatic N) is 3. The zero-order valence-electron chi connectivity index (χ0n) is 16.8. The zero-order valence-corrected chi connectivity index (χ0v) is 17.6. The van der Waals surface area contributed by atoms with Crippen molar-refractivity contribution in [3.8, 4) is 6.07 Å². The fourth-order valence-electron chi connectivity index (χ4n) is 3.58. The van der Waals surface area contributed by atoms with Gasteiger partial charge in [0.05, 0.1) is 30.2 Å². The van der Waals surface area contributed by atoms with Gasteiger partial charge >= 0.3 is 0 Å². The Balaban J connectivity index is 1.85. The molecule has 3 amide bonds. The molecule has 0 aliphatic carbocycles. The van der Waals surface area contributed by atoms with Crippen LogP contribution in [-0.4, -0.2) is 34.7 Å². The van der Waals surface area contributed by atoms with Gasteiger partial charge in [0.1, 0.15) is 6.04 Å². The summed E-state index contributed by atoms with van der Waals surface area (Å²) in [6.45, 7) is 3.81. The first-order valence-electron chi connectivity index (χ1n) is 9.78. The molecule has 7 heteroatoms. The number of nitriles is 1. The Morgan fingerprint density at radius 2 is 1.83 bits per heavy atom. The molecule has 1 saturated heterocycles. The minimum atomic E-state index is -0.845. The van der Waals surface area contributed by atoms with E-state index in [4.69, 9.17) is 16.9 Å². The maximum Gasteiger partial charge on any atom is 0.257 e. The third-order valence-corrected chi connectivity index (χ3v) is 5.59. The molecule has 6 nitrogen and oxygen atoms in total. The third-order valence-electron chi connectivity index (χ3n) is 5.34. The summed E-state index contributed by atoms with van der Waals surface area (Å²) in [5, 5.41) is 9.53. The van der Waals surface area contributed by atoms with Crippen molar-refractivity contribution < 1.29 is 14.4 Å². The van der Waals surface area contributed by atoms with E-state index in [1.807, 2.05) is 19.9 Å². The second-order valence-corrected chi connectivity index (χ2v) is 7.74. The van der Waals surface area contributed by atoms with E-state index in [-0.39, 0.29) is 30.7 Å². The van der Waals surface area contributed by atoms with E-state index >= 15 is 0 Å². The molecule has 0 saturated carbocycles. The van der Waals surface area contributed by atoms with Crippen molar-refractivity contribution in [3.63, 3.8) is 0 Å². The largest absolute Gasteiger partial charge is 0.327 e. The number of carbonyl (C=O) groups is 3. The summed E-state index contributed by atoms with van der Waals surface area (Å²) in [6.07, 6.45) is 0.715. The lowest BCUT2D eigenvalue weighted by Gasteiger charge is -2.33. The number of anilines is 1. The van der Waals surface area contributed by atoms with Gasteiger partial charge in [-0.25, -0.2) is 4.90 Å². The monoisotopic (exact) mass is 423 g/mol. The van der Waals surface area contributed by atoms with Crippen molar-refractivity contribution in [2.75, 3.05) is 4.90 Å². The van der Waals surface area contributed by atoms with Gasteiger partial charge in [0.25, 0.3) is 5.91 Å². The van der Waals surface area contributed by atoms with Crippen LogP contribution in [0.25, 0.3) is 0 Å². The molecule has 0 spiro atoms. The quantitative estimate of drug-likeness (QED) is 0.663. The highest BCUT2D eigenvalue weighted by atomic mass is 35.5. The van der Waals surface area contributed by atoms with E-state index in [2.05, 4.69) is 0 Å². The van der Waals surface area contributed by atoms with Crippen molar-refractivity contribution in [3.05, 3.63) is 64.7 Å². The molecule has 0 aromatic heterocycles. The summed E-state index contributed by atoms with van der Waals surface area (Å²) >= 11 is 5.91. The zero-order chi connectivity index (χ0) is 21.8. The summed E-state index contributed by atoms with van der Waals surface area (Å²) < 4.78 is 0. The van der Waals surface area contributed by atoms with Crippen LogP contribution in [0, 0.1) is 11.3 Å². The molecule has 2 aromatic carbocycles. The van der Waals surface area contributed by atoms with Gasteiger partial charge in [-0.2, -0.15) is 5.26 Å². The van der Waals surface area contributed by atoms with Gasteiger partial charge in [0.2, 0.25) is 11.8 Å². The van der Waals surface area contributed by atoms with Crippen molar-refractivity contribution in [1.82, 2.24) is 4.90 Å². The minimum Gasteiger partial charge on any atom is -0.327 e. The third kappa shape index (κ3) is 4.37. The van der Waals surface area contributed by atoms with Crippen LogP contribution in [0.2, 0.25) is 5.02 Å². The summed E-state index contributed by atoms with van der Waals surface area (Å²) in [5.74, 6) is -0.990. The van der Waals surface area contributed by atoms with E-state index < -0.39 is 11.9 Å². The Morgan fingerprint density at radius 1 is 1.20 bits per heavy atom. The van der Waals surface area contributed by atoms with Crippen molar-refractivity contribution in [1.29, 1.82) is 5.26 Å². The van der Waals surface area contributed by atoms with Gasteiger partial charge in [0.15, 0.2) is 0 Å². The van der Waals surface area contributed by atoms with Crippen LogP contribution in [0.15, 0.2) is 48.5 Å². The fourth-order valence-corrected chi connectivity index (χ4v) is 3.71. The summed E-state index contributed by atoms with van der Waals surface area (Å²) in [5.41, 5.74) is 1.63. The minimum absolute atomic E-state index is 0.0600. The Labute approximate surface area is 180 Å². The predicted octanol–water partition coefficient (Wildman–Crippen LogP) is 3.71. The molecule has 2 unspecified atom stereocenters. The average Bonchev–Trinajstić information content (AvgIpc) is 3.03.